The third-order valence-electron chi connectivity index (χ3n) is 3.80. The highest BCUT2D eigenvalue weighted by molar-refractivity contribution is 8.00. The van der Waals surface area contributed by atoms with E-state index in [4.69, 9.17) is 4.74 Å². The average molecular weight is 381 g/mol. The Balaban J connectivity index is 1.71. The third-order valence-corrected chi connectivity index (χ3v) is 4.79. The van der Waals surface area contributed by atoms with E-state index in [-0.39, 0.29) is 11.5 Å². The number of benzene rings is 2. The van der Waals surface area contributed by atoms with Crippen LogP contribution in [-0.2, 0) is 4.79 Å². The lowest BCUT2D eigenvalue weighted by atomic mass is 10.1. The molecule has 0 saturated carbocycles. The summed E-state index contributed by atoms with van der Waals surface area (Å²) in [5, 5.41) is 2.80. The molecule has 0 bridgehead atoms. The van der Waals surface area contributed by atoms with Gasteiger partial charge >= 0.3 is 0 Å². The Morgan fingerprint density at radius 3 is 2.52 bits per heavy atom. The van der Waals surface area contributed by atoms with Crippen molar-refractivity contribution in [2.45, 2.75) is 17.3 Å². The molecule has 1 unspecified atom stereocenters. The smallest absolute Gasteiger partial charge is 0.252 e. The molecule has 2 N–H and O–H groups in total. The van der Waals surface area contributed by atoms with Crippen LogP contribution in [0.15, 0.2) is 70.6 Å². The Morgan fingerprint density at radius 1 is 1.15 bits per heavy atom. The van der Waals surface area contributed by atoms with Gasteiger partial charge in [-0.1, -0.05) is 42.1 Å². The Morgan fingerprint density at radius 2 is 1.85 bits per heavy atom. The zero-order valence-corrected chi connectivity index (χ0v) is 15.7. The molecule has 1 atom stereocenters. The molecule has 1 heterocycles. The van der Waals surface area contributed by atoms with Gasteiger partial charge in [-0.25, -0.2) is 4.98 Å². The number of rotatable bonds is 6. The van der Waals surface area contributed by atoms with Crippen molar-refractivity contribution < 1.29 is 9.53 Å². The van der Waals surface area contributed by atoms with Crippen molar-refractivity contribution in [3.8, 4) is 17.0 Å². The van der Waals surface area contributed by atoms with Crippen molar-refractivity contribution in [3.63, 3.8) is 0 Å². The van der Waals surface area contributed by atoms with E-state index in [1.54, 1.807) is 38.3 Å². The number of carbonyl (C=O) groups excluding carboxylic acids is 1. The molecule has 1 amide bonds. The van der Waals surface area contributed by atoms with Crippen molar-refractivity contribution in [2.24, 2.45) is 0 Å². The van der Waals surface area contributed by atoms with Crippen LogP contribution < -0.4 is 15.6 Å². The number of hydrogen-bond acceptors (Lipinski definition) is 5. The van der Waals surface area contributed by atoms with E-state index in [1.807, 2.05) is 30.3 Å². The summed E-state index contributed by atoms with van der Waals surface area (Å²) in [7, 11) is 1.59. The van der Waals surface area contributed by atoms with Gasteiger partial charge in [-0.2, -0.15) is 0 Å². The molecule has 138 valence electrons. The average Bonchev–Trinajstić information content (AvgIpc) is 2.68. The molecule has 0 radical (unpaired) electrons. The number of methoxy groups -OCH3 is 1. The van der Waals surface area contributed by atoms with Crippen LogP contribution >= 0.6 is 11.8 Å². The summed E-state index contributed by atoms with van der Waals surface area (Å²) in [5.74, 6) is 0.535. The van der Waals surface area contributed by atoms with E-state index in [0.717, 1.165) is 11.3 Å². The highest BCUT2D eigenvalue weighted by Gasteiger charge is 2.17. The quantitative estimate of drug-likeness (QED) is 0.504. The fraction of sp³-hybridized carbons (Fsp3) is 0.150. The molecule has 27 heavy (non-hydrogen) atoms. The van der Waals surface area contributed by atoms with Gasteiger partial charge in [-0.3, -0.25) is 9.59 Å². The molecule has 0 spiro atoms. The number of thioether (sulfide) groups is 1. The second kappa shape index (κ2) is 8.55. The zero-order valence-electron chi connectivity index (χ0n) is 14.9. The minimum atomic E-state index is -0.443. The number of anilines is 1. The van der Waals surface area contributed by atoms with Crippen LogP contribution in [0.25, 0.3) is 11.3 Å². The number of aromatic amines is 1. The Bertz CT molecular complexity index is 972. The van der Waals surface area contributed by atoms with Gasteiger partial charge in [0.05, 0.1) is 18.1 Å². The first kappa shape index (κ1) is 18.7. The van der Waals surface area contributed by atoms with Gasteiger partial charge in [-0.15, -0.1) is 0 Å². The lowest BCUT2D eigenvalue weighted by molar-refractivity contribution is -0.115. The first-order chi connectivity index (χ1) is 13.0. The summed E-state index contributed by atoms with van der Waals surface area (Å²) in [6.45, 7) is 1.76. The molecular weight excluding hydrogens is 362 g/mol. The molecule has 0 fully saturated rings. The minimum Gasteiger partial charge on any atom is -0.497 e. The van der Waals surface area contributed by atoms with Gasteiger partial charge in [0.25, 0.3) is 5.56 Å². The predicted octanol–water partition coefficient (Wildman–Crippen LogP) is 3.56. The van der Waals surface area contributed by atoms with Crippen molar-refractivity contribution >= 4 is 23.4 Å². The molecule has 1 aromatic heterocycles. The van der Waals surface area contributed by atoms with Crippen LogP contribution in [0, 0.1) is 0 Å². The number of ether oxygens (including phenoxy) is 1. The van der Waals surface area contributed by atoms with E-state index in [2.05, 4.69) is 15.3 Å². The van der Waals surface area contributed by atoms with Gasteiger partial charge in [0.2, 0.25) is 5.91 Å². The van der Waals surface area contributed by atoms with Crippen LogP contribution in [0.1, 0.15) is 6.92 Å². The van der Waals surface area contributed by atoms with Crippen LogP contribution in [0.2, 0.25) is 0 Å². The molecule has 0 saturated heterocycles. The van der Waals surface area contributed by atoms with E-state index in [1.165, 1.54) is 17.8 Å². The Hall–Kier alpha value is -3.06. The van der Waals surface area contributed by atoms with Gasteiger partial charge in [0.1, 0.15) is 5.75 Å². The topological polar surface area (TPSA) is 84.1 Å². The van der Waals surface area contributed by atoms with Crippen LogP contribution in [0.5, 0.6) is 5.75 Å². The largest absolute Gasteiger partial charge is 0.497 e. The van der Waals surface area contributed by atoms with Gasteiger partial charge in [0.15, 0.2) is 5.16 Å². The SMILES string of the molecule is COc1ccc(NC(=O)C(C)Sc2nc(-c3ccccc3)cc(=O)[nH]2)cc1. The van der Waals surface area contributed by atoms with Gasteiger partial charge < -0.3 is 15.0 Å². The van der Waals surface area contributed by atoms with E-state index in [9.17, 15) is 9.59 Å². The second-order valence-corrected chi connectivity index (χ2v) is 7.11. The van der Waals surface area contributed by atoms with Crippen molar-refractivity contribution in [1.29, 1.82) is 0 Å². The number of H-pyrrole nitrogens is 1. The molecule has 0 aliphatic rings. The number of aromatic nitrogens is 2. The number of amides is 1. The maximum absolute atomic E-state index is 12.4. The van der Waals surface area contributed by atoms with E-state index in [0.29, 0.717) is 16.5 Å². The molecule has 2 aromatic carbocycles. The Labute approximate surface area is 161 Å². The number of hydrogen-bond donors (Lipinski definition) is 2. The summed E-state index contributed by atoms with van der Waals surface area (Å²) >= 11 is 1.20. The highest BCUT2D eigenvalue weighted by Crippen LogP contribution is 2.23. The lowest BCUT2D eigenvalue weighted by Gasteiger charge is -2.12. The molecule has 3 rings (SSSR count). The predicted molar refractivity (Wildman–Crippen MR) is 107 cm³/mol. The first-order valence-corrected chi connectivity index (χ1v) is 9.21. The zero-order chi connectivity index (χ0) is 19.2. The van der Waals surface area contributed by atoms with Crippen LogP contribution in [-0.4, -0.2) is 28.2 Å². The molecular formula is C20H19N3O3S. The van der Waals surface area contributed by atoms with Crippen LogP contribution in [0.4, 0.5) is 5.69 Å². The molecule has 0 aliphatic heterocycles. The summed E-state index contributed by atoms with van der Waals surface area (Å²) in [6.07, 6.45) is 0. The number of carbonyl (C=O) groups is 1. The maximum Gasteiger partial charge on any atom is 0.252 e. The summed E-state index contributed by atoms with van der Waals surface area (Å²) in [5.41, 5.74) is 1.84. The van der Waals surface area contributed by atoms with Gasteiger partial charge in [-0.05, 0) is 31.2 Å². The lowest BCUT2D eigenvalue weighted by Crippen LogP contribution is -2.23. The highest BCUT2D eigenvalue weighted by atomic mass is 32.2. The third kappa shape index (κ3) is 4.98. The normalized spacial score (nSPS) is 11.6. The van der Waals surface area contributed by atoms with Crippen LogP contribution in [0.3, 0.4) is 0 Å². The fourth-order valence-corrected chi connectivity index (χ4v) is 3.20. The van der Waals surface area contributed by atoms with Crippen molar-refractivity contribution in [2.75, 3.05) is 12.4 Å². The molecule has 3 aromatic rings. The molecule has 0 aliphatic carbocycles. The number of nitrogens with one attached hydrogen (secondary N) is 2. The van der Waals surface area contributed by atoms with Crippen molar-refractivity contribution in [3.05, 3.63) is 71.0 Å². The summed E-state index contributed by atoms with van der Waals surface area (Å²) in [6, 6.07) is 18.0. The maximum atomic E-state index is 12.4. The Kier molecular flexibility index (Phi) is 5.93. The molecule has 7 heteroatoms. The second-order valence-electron chi connectivity index (χ2n) is 5.78. The summed E-state index contributed by atoms with van der Waals surface area (Å²) < 4.78 is 5.10. The van der Waals surface area contributed by atoms with Gasteiger partial charge in [0, 0.05) is 17.3 Å². The van der Waals surface area contributed by atoms with Crippen molar-refractivity contribution in [1.82, 2.24) is 9.97 Å². The standard InChI is InChI=1S/C20H19N3O3S/c1-13(19(25)21-15-8-10-16(26-2)11-9-15)27-20-22-17(12-18(24)23-20)14-6-4-3-5-7-14/h3-13H,1-2H3,(H,21,25)(H,22,23,24). The minimum absolute atomic E-state index is 0.182. The first-order valence-electron chi connectivity index (χ1n) is 8.33. The number of nitrogens with zero attached hydrogens (tertiary/aromatic N) is 1. The van der Waals surface area contributed by atoms with E-state index >= 15 is 0 Å². The fourth-order valence-electron chi connectivity index (χ4n) is 2.39. The molecule has 6 nitrogen and oxygen atoms in total. The summed E-state index contributed by atoms with van der Waals surface area (Å²) in [4.78, 5) is 31.5. The monoisotopic (exact) mass is 381 g/mol. The van der Waals surface area contributed by atoms with E-state index < -0.39 is 5.25 Å².